The molecule has 2 aliphatic rings. The summed E-state index contributed by atoms with van der Waals surface area (Å²) in [6.07, 6.45) is 5.16. The molecule has 5 heteroatoms. The average Bonchev–Trinajstić information content (AvgIpc) is 2.75. The Bertz CT molecular complexity index is 847. The molecule has 2 aromatic carbocycles. The zero-order valence-corrected chi connectivity index (χ0v) is 16.2. The Morgan fingerprint density at radius 1 is 1.00 bits per heavy atom. The van der Waals surface area contributed by atoms with Crippen molar-refractivity contribution >= 4 is 5.96 Å². The number of fused-ring (bicyclic) bond motifs is 1. The molecule has 0 saturated carbocycles. The number of nitrogens with zero attached hydrogens (tertiary/aromatic N) is 4. The summed E-state index contributed by atoms with van der Waals surface area (Å²) in [6, 6.07) is 19.5. The Hall–Kier alpha value is -2.84. The monoisotopic (exact) mass is 373 g/mol. The summed E-state index contributed by atoms with van der Waals surface area (Å²) in [6.45, 7) is 4.81. The maximum absolute atomic E-state index is 9.22. The molecule has 0 aliphatic carbocycles. The molecule has 144 valence electrons. The smallest absolute Gasteiger partial charge is 0.207 e. The summed E-state index contributed by atoms with van der Waals surface area (Å²) < 4.78 is 0. The molecule has 5 nitrogen and oxygen atoms in total. The van der Waals surface area contributed by atoms with Crippen molar-refractivity contribution in [3.05, 3.63) is 71.3 Å². The van der Waals surface area contributed by atoms with Gasteiger partial charge in [0.1, 0.15) is 0 Å². The molecule has 0 unspecified atom stereocenters. The van der Waals surface area contributed by atoms with Crippen molar-refractivity contribution in [2.24, 2.45) is 4.99 Å². The van der Waals surface area contributed by atoms with Crippen LogP contribution in [0, 0.1) is 11.5 Å². The van der Waals surface area contributed by atoms with E-state index in [2.05, 4.69) is 75.9 Å². The molecule has 0 aromatic heterocycles. The largest absolute Gasteiger partial charge is 0.337 e. The van der Waals surface area contributed by atoms with Gasteiger partial charge in [0.15, 0.2) is 6.19 Å². The number of nitrogens with one attached hydrogen (secondary N) is 1. The fraction of sp³-hybridized carbons (Fsp3) is 0.391. The first-order valence-corrected chi connectivity index (χ1v) is 10.1. The van der Waals surface area contributed by atoms with Gasteiger partial charge in [-0.1, -0.05) is 54.6 Å². The van der Waals surface area contributed by atoms with Gasteiger partial charge in [0.05, 0.1) is 6.04 Å². The number of hydrogen-bond acceptors (Lipinski definition) is 3. The fourth-order valence-corrected chi connectivity index (χ4v) is 4.14. The van der Waals surface area contributed by atoms with Crippen molar-refractivity contribution in [2.75, 3.05) is 19.6 Å². The zero-order chi connectivity index (χ0) is 19.2. The highest BCUT2D eigenvalue weighted by Crippen LogP contribution is 2.20. The van der Waals surface area contributed by atoms with Gasteiger partial charge < -0.3 is 4.90 Å². The van der Waals surface area contributed by atoms with Gasteiger partial charge in [-0.2, -0.15) is 5.26 Å². The van der Waals surface area contributed by atoms with E-state index in [1.54, 1.807) is 0 Å². The third kappa shape index (κ3) is 4.52. The maximum Gasteiger partial charge on any atom is 0.207 e. The second-order valence-corrected chi connectivity index (χ2v) is 7.62. The summed E-state index contributed by atoms with van der Waals surface area (Å²) >= 11 is 0. The van der Waals surface area contributed by atoms with Gasteiger partial charge in [0.25, 0.3) is 0 Å². The predicted molar refractivity (Wildman–Crippen MR) is 111 cm³/mol. The summed E-state index contributed by atoms with van der Waals surface area (Å²) in [5.74, 6) is 0.735. The molecule has 1 N–H and O–H groups in total. The third-order valence-corrected chi connectivity index (χ3v) is 5.71. The normalized spacial score (nSPS) is 18.4. The molecule has 0 atom stereocenters. The van der Waals surface area contributed by atoms with Crippen LogP contribution in [0.4, 0.5) is 0 Å². The molecule has 0 amide bonds. The van der Waals surface area contributed by atoms with Crippen molar-refractivity contribution in [3.63, 3.8) is 0 Å². The van der Waals surface area contributed by atoms with E-state index < -0.39 is 0 Å². The van der Waals surface area contributed by atoms with Gasteiger partial charge in [0.2, 0.25) is 5.96 Å². The van der Waals surface area contributed by atoms with Crippen LogP contribution in [0.15, 0.2) is 59.6 Å². The van der Waals surface area contributed by atoms with Crippen LogP contribution in [0.1, 0.15) is 29.5 Å². The first kappa shape index (κ1) is 18.5. The molecule has 0 radical (unpaired) electrons. The van der Waals surface area contributed by atoms with Crippen molar-refractivity contribution in [3.8, 4) is 6.19 Å². The van der Waals surface area contributed by atoms with Crippen molar-refractivity contribution < 1.29 is 0 Å². The van der Waals surface area contributed by atoms with E-state index in [0.717, 1.165) is 57.9 Å². The van der Waals surface area contributed by atoms with Crippen LogP contribution >= 0.6 is 0 Å². The van der Waals surface area contributed by atoms with Crippen molar-refractivity contribution in [1.29, 1.82) is 5.26 Å². The topological polar surface area (TPSA) is 54.7 Å². The minimum Gasteiger partial charge on any atom is -0.337 e. The first-order chi connectivity index (χ1) is 13.8. The minimum atomic E-state index is 0.278. The molecule has 2 heterocycles. The molecule has 2 aliphatic heterocycles. The summed E-state index contributed by atoms with van der Waals surface area (Å²) in [5, 5.41) is 12.1. The van der Waals surface area contributed by atoms with Gasteiger partial charge in [-0.15, -0.1) is 0 Å². The Kier molecular flexibility index (Phi) is 5.89. The Balaban J connectivity index is 1.37. The first-order valence-electron chi connectivity index (χ1n) is 10.1. The summed E-state index contributed by atoms with van der Waals surface area (Å²) in [4.78, 5) is 9.65. The second kappa shape index (κ2) is 8.90. The predicted octanol–water partition coefficient (Wildman–Crippen LogP) is 3.14. The van der Waals surface area contributed by atoms with Crippen LogP contribution < -0.4 is 5.32 Å². The van der Waals surface area contributed by atoms with Crippen LogP contribution in [0.25, 0.3) is 0 Å². The van der Waals surface area contributed by atoms with Crippen LogP contribution in [0.5, 0.6) is 0 Å². The zero-order valence-electron chi connectivity index (χ0n) is 16.2. The molecule has 2 aromatic rings. The van der Waals surface area contributed by atoms with E-state index in [0.29, 0.717) is 0 Å². The third-order valence-electron chi connectivity index (χ3n) is 5.71. The lowest BCUT2D eigenvalue weighted by molar-refractivity contribution is 0.205. The average molecular weight is 374 g/mol. The SMILES string of the molecule is N#CN/C(=N\C1CCN(Cc2ccccc2)CC1)N1CCc2ccccc2C1. The highest BCUT2D eigenvalue weighted by atomic mass is 15.3. The molecular formula is C23H27N5. The van der Waals surface area contributed by atoms with Crippen LogP contribution in [-0.4, -0.2) is 41.4 Å². The Morgan fingerprint density at radius 3 is 2.46 bits per heavy atom. The fourth-order valence-electron chi connectivity index (χ4n) is 4.14. The van der Waals surface area contributed by atoms with E-state index in [1.165, 1.54) is 16.7 Å². The van der Waals surface area contributed by atoms with Gasteiger partial charge >= 0.3 is 0 Å². The number of benzene rings is 2. The van der Waals surface area contributed by atoms with E-state index in [4.69, 9.17) is 4.99 Å². The number of likely N-dealkylation sites (tertiary alicyclic amines) is 1. The molecular weight excluding hydrogens is 346 g/mol. The van der Waals surface area contributed by atoms with E-state index >= 15 is 0 Å². The van der Waals surface area contributed by atoms with Gasteiger partial charge in [-0.05, 0) is 36.0 Å². The molecule has 0 spiro atoms. The molecule has 1 fully saturated rings. The van der Waals surface area contributed by atoms with Gasteiger partial charge in [-0.3, -0.25) is 10.2 Å². The lowest BCUT2D eigenvalue weighted by atomic mass is 10.0. The Labute approximate surface area is 167 Å². The van der Waals surface area contributed by atoms with Crippen molar-refractivity contribution in [2.45, 2.75) is 38.4 Å². The molecule has 4 rings (SSSR count). The van der Waals surface area contributed by atoms with Gasteiger partial charge in [0, 0.05) is 32.7 Å². The molecule has 28 heavy (non-hydrogen) atoms. The molecule has 1 saturated heterocycles. The van der Waals surface area contributed by atoms with Gasteiger partial charge in [-0.25, -0.2) is 4.99 Å². The highest BCUT2D eigenvalue weighted by Gasteiger charge is 2.23. The summed E-state index contributed by atoms with van der Waals surface area (Å²) in [7, 11) is 0. The van der Waals surface area contributed by atoms with Crippen LogP contribution in [-0.2, 0) is 19.5 Å². The number of piperidine rings is 1. The lowest BCUT2D eigenvalue weighted by Crippen LogP contribution is -2.44. The van der Waals surface area contributed by atoms with Crippen molar-refractivity contribution in [1.82, 2.24) is 15.1 Å². The minimum absolute atomic E-state index is 0.278. The standard InChI is InChI=1S/C23H27N5/c24-18-25-23(28-15-10-20-8-4-5-9-21(20)17-28)26-22-11-13-27(14-12-22)16-19-6-2-1-3-7-19/h1-9,22H,10-17H2,(H,25,26). The number of rotatable bonds is 3. The second-order valence-electron chi connectivity index (χ2n) is 7.62. The Morgan fingerprint density at radius 2 is 1.71 bits per heavy atom. The molecule has 0 bridgehead atoms. The van der Waals surface area contributed by atoms with Crippen LogP contribution in [0.3, 0.4) is 0 Å². The van der Waals surface area contributed by atoms with Crippen LogP contribution in [0.2, 0.25) is 0 Å². The number of hydrogen-bond donors (Lipinski definition) is 1. The number of nitriles is 1. The maximum atomic E-state index is 9.22. The quantitative estimate of drug-likeness (QED) is 0.389. The lowest BCUT2D eigenvalue weighted by Gasteiger charge is -2.33. The van der Waals surface area contributed by atoms with E-state index in [1.807, 2.05) is 0 Å². The summed E-state index contributed by atoms with van der Waals surface area (Å²) in [5.41, 5.74) is 4.10. The number of guanidine groups is 1. The highest BCUT2D eigenvalue weighted by molar-refractivity contribution is 5.81. The van der Waals surface area contributed by atoms with E-state index in [-0.39, 0.29) is 6.04 Å². The number of aliphatic imine (C=N–C) groups is 1. The van der Waals surface area contributed by atoms with E-state index in [9.17, 15) is 5.26 Å².